The number of furan rings is 1. The van der Waals surface area contributed by atoms with Gasteiger partial charge in [0.05, 0.1) is 12.1 Å². The lowest BCUT2D eigenvalue weighted by Crippen LogP contribution is -2.25. The van der Waals surface area contributed by atoms with Crippen molar-refractivity contribution in [3.05, 3.63) is 47.4 Å². The van der Waals surface area contributed by atoms with E-state index in [9.17, 15) is 4.79 Å². The largest absolute Gasteiger partial charge is 0.486 e. The third kappa shape index (κ3) is 3.23. The van der Waals surface area contributed by atoms with Gasteiger partial charge in [0.25, 0.3) is 5.91 Å². The third-order valence-electron chi connectivity index (χ3n) is 3.42. The molecule has 3 rings (SSSR count). The highest BCUT2D eigenvalue weighted by atomic mass is 16.6. The molecule has 0 saturated heterocycles. The van der Waals surface area contributed by atoms with Crippen LogP contribution in [0.3, 0.4) is 0 Å². The quantitative estimate of drug-likeness (QED) is 0.873. The predicted molar refractivity (Wildman–Crippen MR) is 80.1 cm³/mol. The van der Waals surface area contributed by atoms with Crippen molar-refractivity contribution in [1.29, 1.82) is 0 Å². The van der Waals surface area contributed by atoms with Crippen LogP contribution in [0.1, 0.15) is 21.7 Å². The molecule has 1 amide bonds. The first kappa shape index (κ1) is 14.5. The summed E-state index contributed by atoms with van der Waals surface area (Å²) in [6.07, 6.45) is 2.13. The monoisotopic (exact) mass is 302 g/mol. The standard InChI is InChI=1S/C16H18N2O4/c17-9-13-8-12(10-22-13)16(19)18-4-3-11-1-2-14-15(7-11)21-6-5-20-14/h1-2,7-8,10H,3-6,9,17H2,(H,18,19). The van der Waals surface area contributed by atoms with Crippen molar-refractivity contribution in [1.82, 2.24) is 5.32 Å². The highest BCUT2D eigenvalue weighted by molar-refractivity contribution is 5.93. The number of rotatable bonds is 5. The number of nitrogens with two attached hydrogens (primary N) is 1. The summed E-state index contributed by atoms with van der Waals surface area (Å²) in [7, 11) is 0. The second-order valence-corrected chi connectivity index (χ2v) is 4.99. The smallest absolute Gasteiger partial charge is 0.254 e. The number of ether oxygens (including phenoxy) is 2. The van der Waals surface area contributed by atoms with Crippen LogP contribution in [-0.2, 0) is 13.0 Å². The maximum absolute atomic E-state index is 11.9. The van der Waals surface area contributed by atoms with E-state index in [0.717, 1.165) is 17.1 Å². The SMILES string of the molecule is NCc1cc(C(=O)NCCc2ccc3c(c2)OCCO3)co1. The zero-order valence-corrected chi connectivity index (χ0v) is 12.1. The Bertz CT molecular complexity index is 666. The van der Waals surface area contributed by atoms with Crippen molar-refractivity contribution in [2.24, 2.45) is 5.73 Å². The summed E-state index contributed by atoms with van der Waals surface area (Å²) in [5.41, 5.74) is 7.02. The molecule has 0 unspecified atom stereocenters. The molecule has 1 aromatic carbocycles. The molecule has 0 aliphatic carbocycles. The van der Waals surface area contributed by atoms with Gasteiger partial charge in [0, 0.05) is 6.54 Å². The van der Waals surface area contributed by atoms with Gasteiger partial charge in [-0.15, -0.1) is 0 Å². The van der Waals surface area contributed by atoms with Crippen molar-refractivity contribution >= 4 is 5.91 Å². The molecule has 0 fully saturated rings. The number of carbonyl (C=O) groups is 1. The van der Waals surface area contributed by atoms with Gasteiger partial charge in [-0.05, 0) is 30.2 Å². The number of nitrogens with one attached hydrogen (secondary N) is 1. The molecule has 0 radical (unpaired) electrons. The maximum atomic E-state index is 11.9. The molecule has 0 atom stereocenters. The summed E-state index contributed by atoms with van der Waals surface area (Å²) in [6.45, 7) is 1.96. The van der Waals surface area contributed by atoms with Crippen LogP contribution in [0.15, 0.2) is 34.9 Å². The Balaban J connectivity index is 1.53. The summed E-state index contributed by atoms with van der Waals surface area (Å²) < 4.78 is 16.2. The molecule has 6 heteroatoms. The number of hydrogen-bond acceptors (Lipinski definition) is 5. The Morgan fingerprint density at radius 1 is 1.18 bits per heavy atom. The first-order chi connectivity index (χ1) is 10.8. The van der Waals surface area contributed by atoms with Crippen molar-refractivity contribution < 1.29 is 18.7 Å². The highest BCUT2D eigenvalue weighted by Gasteiger charge is 2.12. The van der Waals surface area contributed by atoms with Crippen molar-refractivity contribution in [2.45, 2.75) is 13.0 Å². The maximum Gasteiger partial charge on any atom is 0.254 e. The molecule has 1 aliphatic heterocycles. The molecule has 3 N–H and O–H groups in total. The van der Waals surface area contributed by atoms with Crippen LogP contribution in [0.25, 0.3) is 0 Å². The van der Waals surface area contributed by atoms with Gasteiger partial charge in [-0.2, -0.15) is 0 Å². The van der Waals surface area contributed by atoms with Crippen LogP contribution in [0.2, 0.25) is 0 Å². The Hall–Kier alpha value is -2.47. The van der Waals surface area contributed by atoms with E-state index in [1.165, 1.54) is 6.26 Å². The fourth-order valence-corrected chi connectivity index (χ4v) is 2.27. The Kier molecular flexibility index (Phi) is 4.29. The second-order valence-electron chi connectivity index (χ2n) is 4.99. The fourth-order valence-electron chi connectivity index (χ4n) is 2.27. The van der Waals surface area contributed by atoms with Crippen LogP contribution >= 0.6 is 0 Å². The topological polar surface area (TPSA) is 86.7 Å². The van der Waals surface area contributed by atoms with Crippen molar-refractivity contribution in [3.8, 4) is 11.5 Å². The van der Waals surface area contributed by atoms with E-state index >= 15 is 0 Å². The molecule has 116 valence electrons. The van der Waals surface area contributed by atoms with Gasteiger partial charge in [0.15, 0.2) is 11.5 Å². The molecule has 1 aromatic heterocycles. The molecule has 2 aromatic rings. The molecule has 1 aliphatic rings. The van der Waals surface area contributed by atoms with Gasteiger partial charge in [0.1, 0.15) is 25.2 Å². The lowest BCUT2D eigenvalue weighted by atomic mass is 10.1. The minimum atomic E-state index is -0.166. The van der Waals surface area contributed by atoms with Crippen molar-refractivity contribution in [3.63, 3.8) is 0 Å². The first-order valence-electron chi connectivity index (χ1n) is 7.20. The number of hydrogen-bond donors (Lipinski definition) is 2. The van der Waals surface area contributed by atoms with E-state index in [4.69, 9.17) is 19.6 Å². The zero-order chi connectivity index (χ0) is 15.4. The summed E-state index contributed by atoms with van der Waals surface area (Å²) in [5.74, 6) is 1.96. The summed E-state index contributed by atoms with van der Waals surface area (Å²) in [5, 5.41) is 2.85. The summed E-state index contributed by atoms with van der Waals surface area (Å²) in [4.78, 5) is 11.9. The molecule has 22 heavy (non-hydrogen) atoms. The van der Waals surface area contributed by atoms with Gasteiger partial charge in [0.2, 0.25) is 0 Å². The predicted octanol–water partition coefficient (Wildman–Crippen LogP) is 1.48. The highest BCUT2D eigenvalue weighted by Crippen LogP contribution is 2.30. The Labute approximate surface area is 128 Å². The van der Waals surface area contributed by atoms with Crippen LogP contribution in [0.5, 0.6) is 11.5 Å². The first-order valence-corrected chi connectivity index (χ1v) is 7.20. The summed E-state index contributed by atoms with van der Waals surface area (Å²) in [6, 6.07) is 7.48. The fraction of sp³-hybridized carbons (Fsp3) is 0.312. The average Bonchev–Trinajstić information content (AvgIpc) is 3.04. The van der Waals surface area contributed by atoms with Gasteiger partial charge < -0.3 is 24.9 Å². The van der Waals surface area contributed by atoms with Gasteiger partial charge >= 0.3 is 0 Å². The molecule has 2 heterocycles. The molecule has 0 spiro atoms. The normalized spacial score (nSPS) is 13.0. The zero-order valence-electron chi connectivity index (χ0n) is 12.1. The van der Waals surface area contributed by atoms with E-state index < -0.39 is 0 Å². The van der Waals surface area contributed by atoms with Crippen LogP contribution < -0.4 is 20.5 Å². The number of carbonyl (C=O) groups excluding carboxylic acids is 1. The van der Waals surface area contributed by atoms with Crippen LogP contribution in [-0.4, -0.2) is 25.7 Å². The Morgan fingerprint density at radius 2 is 2.00 bits per heavy atom. The molecular formula is C16H18N2O4. The van der Waals surface area contributed by atoms with Crippen molar-refractivity contribution in [2.75, 3.05) is 19.8 Å². The second kappa shape index (κ2) is 6.53. The summed E-state index contributed by atoms with van der Waals surface area (Å²) >= 11 is 0. The van der Waals surface area contributed by atoms with E-state index in [-0.39, 0.29) is 12.5 Å². The van der Waals surface area contributed by atoms with Gasteiger partial charge in [-0.25, -0.2) is 0 Å². The minimum Gasteiger partial charge on any atom is -0.486 e. The molecular weight excluding hydrogens is 284 g/mol. The van der Waals surface area contributed by atoms with Gasteiger partial charge in [-0.3, -0.25) is 4.79 Å². The average molecular weight is 302 g/mol. The third-order valence-corrected chi connectivity index (χ3v) is 3.42. The lowest BCUT2D eigenvalue weighted by molar-refractivity contribution is 0.0953. The molecule has 0 bridgehead atoms. The minimum absolute atomic E-state index is 0.166. The lowest BCUT2D eigenvalue weighted by Gasteiger charge is -2.18. The van der Waals surface area contributed by atoms with E-state index in [0.29, 0.717) is 37.5 Å². The van der Waals surface area contributed by atoms with E-state index in [1.54, 1.807) is 6.07 Å². The van der Waals surface area contributed by atoms with E-state index in [2.05, 4.69) is 5.32 Å². The van der Waals surface area contributed by atoms with Gasteiger partial charge in [-0.1, -0.05) is 6.07 Å². The Morgan fingerprint density at radius 3 is 2.77 bits per heavy atom. The number of benzene rings is 1. The molecule has 6 nitrogen and oxygen atoms in total. The van der Waals surface area contributed by atoms with E-state index in [1.807, 2.05) is 18.2 Å². The number of amides is 1. The van der Waals surface area contributed by atoms with Crippen LogP contribution in [0.4, 0.5) is 0 Å². The van der Waals surface area contributed by atoms with Crippen LogP contribution in [0, 0.1) is 0 Å². The molecule has 0 saturated carbocycles. The number of fused-ring (bicyclic) bond motifs is 1.